The van der Waals surface area contributed by atoms with E-state index in [2.05, 4.69) is 0 Å². The first-order valence-electron chi connectivity index (χ1n) is 41.4. The Bertz CT molecular complexity index is 1500. The molecular formula is C77H156O39. The van der Waals surface area contributed by atoms with Crippen LogP contribution in [0.2, 0.25) is 0 Å². The maximum absolute atomic E-state index is 8.63. The Morgan fingerprint density at radius 2 is 0.138 bits per heavy atom. The topological polar surface area (TPSA) is 371 Å². The van der Waals surface area contributed by atoms with E-state index in [0.29, 0.717) is 496 Å². The summed E-state index contributed by atoms with van der Waals surface area (Å²) in [7, 11) is 1.64. The van der Waals surface area contributed by atoms with Crippen molar-refractivity contribution in [1.82, 2.24) is 0 Å². The van der Waals surface area contributed by atoms with Crippen molar-refractivity contribution < 1.29 is 185 Å². The molecule has 0 saturated heterocycles. The van der Waals surface area contributed by atoms with Gasteiger partial charge in [0.1, 0.15) is 0 Å². The zero-order valence-electron chi connectivity index (χ0n) is 70.7. The lowest BCUT2D eigenvalue weighted by Crippen LogP contribution is -2.16. The molecule has 0 aliphatic rings. The van der Waals surface area contributed by atoms with Crippen molar-refractivity contribution in [2.45, 2.75) is 0 Å². The molecule has 0 atom stereocenters. The van der Waals surface area contributed by atoms with Crippen molar-refractivity contribution in [3.05, 3.63) is 0 Å². The molecule has 0 aromatic heterocycles. The van der Waals surface area contributed by atoms with E-state index < -0.39 is 0 Å². The third kappa shape index (κ3) is 112. The molecule has 0 amide bonds. The molecule has 0 fully saturated rings. The van der Waals surface area contributed by atoms with Gasteiger partial charge in [0.05, 0.1) is 502 Å². The van der Waals surface area contributed by atoms with Crippen LogP contribution in [0.25, 0.3) is 0 Å². The van der Waals surface area contributed by atoms with Crippen LogP contribution in [0, 0.1) is 0 Å². The quantitative estimate of drug-likeness (QED) is 0.0797. The van der Waals surface area contributed by atoms with Crippen LogP contribution < -0.4 is 0 Å². The molecular weight excluding hydrogens is 1550 g/mol. The highest BCUT2D eigenvalue weighted by molar-refractivity contribution is 4.47. The zero-order valence-corrected chi connectivity index (χ0v) is 70.7. The Morgan fingerprint density at radius 3 is 0.190 bits per heavy atom. The molecule has 698 valence electrons. The largest absolute Gasteiger partial charge is 0.394 e. The number of aliphatic hydroxyl groups is 1. The summed E-state index contributed by atoms with van der Waals surface area (Å²) in [4.78, 5) is 0. The Labute approximate surface area is 692 Å². The predicted octanol–water partition coefficient (Wildman–Crippen LogP) is 0.239. The van der Waals surface area contributed by atoms with Gasteiger partial charge in [0.15, 0.2) is 0 Å². The van der Waals surface area contributed by atoms with Crippen molar-refractivity contribution in [2.75, 3.05) is 509 Å². The molecule has 0 aromatic rings. The molecule has 0 rings (SSSR count). The van der Waals surface area contributed by atoms with Gasteiger partial charge in [-0.3, -0.25) is 0 Å². The van der Waals surface area contributed by atoms with Gasteiger partial charge in [-0.05, 0) is 0 Å². The molecule has 39 heteroatoms. The van der Waals surface area contributed by atoms with Gasteiger partial charge in [-0.25, -0.2) is 0 Å². The SMILES string of the molecule is COCCOCCOCCOCCOCCOCCOCCOCCOCCOCCOCCOCCOCCOCCOCCOCCOCCOCCOCCOCCOCCOCCOCCOCCOCCOCCOCCOCCOCCOCCOCCOCCOCCOCCOCCOCCOCCOCCO. The Kier molecular flexibility index (Phi) is 112. The van der Waals surface area contributed by atoms with Crippen LogP contribution in [0.5, 0.6) is 0 Å². The second-order valence-corrected chi connectivity index (χ2v) is 23.4. The standard InChI is InChI=1S/C77H156O39/c1-79-4-5-81-8-9-83-12-13-85-16-17-87-20-21-89-24-25-91-28-29-93-32-33-95-36-37-97-40-41-99-44-45-101-48-49-103-52-53-105-56-57-107-60-61-109-64-65-111-68-69-113-72-73-115-76-77-116-75-74-114-71-70-112-67-66-110-63-62-108-59-58-106-55-54-104-51-50-102-47-46-100-43-42-98-39-38-96-35-34-94-31-30-92-27-26-90-23-22-88-19-18-86-15-14-84-11-10-82-7-6-80-3-2-78/h78H,2-77H2,1H3. The lowest BCUT2D eigenvalue weighted by Gasteiger charge is -2.09. The summed E-state index contributed by atoms with van der Waals surface area (Å²) in [5.41, 5.74) is 0. The summed E-state index contributed by atoms with van der Waals surface area (Å²) in [5.74, 6) is 0. The summed E-state index contributed by atoms with van der Waals surface area (Å²) in [6, 6.07) is 0. The molecule has 39 nitrogen and oxygen atoms in total. The first-order chi connectivity index (χ1) is 57.9. The van der Waals surface area contributed by atoms with Crippen molar-refractivity contribution in [1.29, 1.82) is 0 Å². The van der Waals surface area contributed by atoms with Crippen LogP contribution >= 0.6 is 0 Å². The Morgan fingerprint density at radius 1 is 0.0862 bits per heavy atom. The summed E-state index contributed by atoms with van der Waals surface area (Å²) in [5, 5.41) is 8.63. The highest BCUT2D eigenvalue weighted by atomic mass is 16.6. The zero-order chi connectivity index (χ0) is 82.6. The molecule has 0 unspecified atom stereocenters. The van der Waals surface area contributed by atoms with Crippen LogP contribution in [0.4, 0.5) is 0 Å². The molecule has 0 radical (unpaired) electrons. The van der Waals surface area contributed by atoms with Gasteiger partial charge < -0.3 is 185 Å². The van der Waals surface area contributed by atoms with Gasteiger partial charge in [0.2, 0.25) is 0 Å². The lowest BCUT2D eigenvalue weighted by atomic mass is 10.6. The van der Waals surface area contributed by atoms with E-state index in [-0.39, 0.29) is 6.61 Å². The molecule has 0 aliphatic carbocycles. The molecule has 0 bridgehead atoms. The van der Waals surface area contributed by atoms with Crippen molar-refractivity contribution in [3.63, 3.8) is 0 Å². The second-order valence-electron chi connectivity index (χ2n) is 23.4. The molecule has 0 aromatic carbocycles. The van der Waals surface area contributed by atoms with Crippen LogP contribution in [-0.4, -0.2) is 514 Å². The molecule has 0 spiro atoms. The third-order valence-corrected chi connectivity index (χ3v) is 14.1. The Balaban J connectivity index is 3.10. The number of hydrogen-bond donors (Lipinski definition) is 1. The minimum absolute atomic E-state index is 0.0152. The van der Waals surface area contributed by atoms with E-state index in [4.69, 9.17) is 185 Å². The third-order valence-electron chi connectivity index (χ3n) is 14.1. The average Bonchev–Trinajstić information content (AvgIpc) is 1.67. The number of ether oxygens (including phenoxy) is 38. The van der Waals surface area contributed by atoms with E-state index in [1.807, 2.05) is 0 Å². The van der Waals surface area contributed by atoms with Gasteiger partial charge >= 0.3 is 0 Å². The molecule has 116 heavy (non-hydrogen) atoms. The van der Waals surface area contributed by atoms with E-state index in [1.54, 1.807) is 7.11 Å². The van der Waals surface area contributed by atoms with Crippen molar-refractivity contribution in [3.8, 4) is 0 Å². The molecule has 0 saturated carbocycles. The number of methoxy groups -OCH3 is 1. The van der Waals surface area contributed by atoms with Crippen molar-refractivity contribution in [2.24, 2.45) is 0 Å². The van der Waals surface area contributed by atoms with Gasteiger partial charge in [-0.15, -0.1) is 0 Å². The predicted molar refractivity (Wildman–Crippen MR) is 419 cm³/mol. The number of rotatable bonds is 113. The normalized spacial score (nSPS) is 11.8. The minimum atomic E-state index is 0.0152. The highest BCUT2D eigenvalue weighted by Crippen LogP contribution is 1.95. The van der Waals surface area contributed by atoms with Gasteiger partial charge in [0.25, 0.3) is 0 Å². The lowest BCUT2D eigenvalue weighted by molar-refractivity contribution is -0.0328. The van der Waals surface area contributed by atoms with E-state index in [1.165, 1.54) is 0 Å². The fourth-order valence-electron chi connectivity index (χ4n) is 8.23. The summed E-state index contributed by atoms with van der Waals surface area (Å²) in [6.07, 6.45) is 0. The first kappa shape index (κ1) is 114. The van der Waals surface area contributed by atoms with Crippen molar-refractivity contribution >= 4 is 0 Å². The monoisotopic (exact) mass is 1710 g/mol. The summed E-state index contributed by atoms with van der Waals surface area (Å²) < 4.78 is 208. The number of aliphatic hydroxyl groups excluding tert-OH is 1. The summed E-state index contributed by atoms with van der Waals surface area (Å²) >= 11 is 0. The van der Waals surface area contributed by atoms with Crippen LogP contribution in [-0.2, 0) is 180 Å². The fraction of sp³-hybridized carbons (Fsp3) is 1.00. The van der Waals surface area contributed by atoms with E-state index >= 15 is 0 Å². The van der Waals surface area contributed by atoms with E-state index in [9.17, 15) is 0 Å². The van der Waals surface area contributed by atoms with Crippen LogP contribution in [0.15, 0.2) is 0 Å². The first-order valence-corrected chi connectivity index (χ1v) is 41.4. The molecule has 1 N–H and O–H groups in total. The smallest absolute Gasteiger partial charge is 0.0701 e. The molecule has 0 aliphatic heterocycles. The highest BCUT2D eigenvalue weighted by Gasteiger charge is 2.04. The minimum Gasteiger partial charge on any atom is -0.394 e. The van der Waals surface area contributed by atoms with Gasteiger partial charge in [-0.2, -0.15) is 0 Å². The average molecular weight is 1710 g/mol. The fourth-order valence-corrected chi connectivity index (χ4v) is 8.23. The van der Waals surface area contributed by atoms with Gasteiger partial charge in [0, 0.05) is 7.11 Å². The second kappa shape index (κ2) is 113. The maximum atomic E-state index is 8.63. The van der Waals surface area contributed by atoms with E-state index in [0.717, 1.165) is 0 Å². The Hall–Kier alpha value is -1.56. The van der Waals surface area contributed by atoms with Crippen LogP contribution in [0.1, 0.15) is 0 Å². The maximum Gasteiger partial charge on any atom is 0.0701 e. The van der Waals surface area contributed by atoms with Gasteiger partial charge in [-0.1, -0.05) is 0 Å². The number of hydrogen-bond acceptors (Lipinski definition) is 39. The van der Waals surface area contributed by atoms with Crippen LogP contribution in [0.3, 0.4) is 0 Å². The molecule has 0 heterocycles. The summed E-state index contributed by atoms with van der Waals surface area (Å²) in [6.45, 7) is 36.4.